The van der Waals surface area contributed by atoms with E-state index < -0.39 is 0 Å². The normalized spacial score (nSPS) is 9.38. The predicted molar refractivity (Wildman–Crippen MR) is 87.9 cm³/mol. The van der Waals surface area contributed by atoms with Crippen molar-refractivity contribution < 1.29 is 26.7 Å². The fourth-order valence-electron chi connectivity index (χ4n) is 2.07. The monoisotopic (exact) mass is 347 g/mol. The van der Waals surface area contributed by atoms with Crippen LogP contribution in [0, 0.1) is 5.39 Å². The van der Waals surface area contributed by atoms with Crippen molar-refractivity contribution in [1.29, 1.82) is 5.39 Å². The van der Waals surface area contributed by atoms with E-state index in [1.54, 1.807) is 24.3 Å². The minimum atomic E-state index is -0.277. The van der Waals surface area contributed by atoms with E-state index in [0.29, 0.717) is 36.0 Å². The highest BCUT2D eigenvalue weighted by molar-refractivity contribution is 6.06. The van der Waals surface area contributed by atoms with Crippen LogP contribution in [-0.4, -0.2) is 19.1 Å². The van der Waals surface area contributed by atoms with E-state index in [2.05, 4.69) is 10.3 Å². The third kappa shape index (κ3) is 4.61. The largest absolute Gasteiger partial charge is 1.00 e. The SMILES string of the molecule is CCOc1cc([N+]#N)cc(OCC)c1NC(=O)c1ccccc1.[Cl-]. The highest BCUT2D eigenvalue weighted by Crippen LogP contribution is 2.39. The molecule has 0 aromatic heterocycles. The topological polar surface area (TPSA) is 75.7 Å². The van der Waals surface area contributed by atoms with E-state index in [-0.39, 0.29) is 24.0 Å². The minimum Gasteiger partial charge on any atom is -1.00 e. The molecule has 0 aliphatic heterocycles. The number of diazo groups is 1. The summed E-state index contributed by atoms with van der Waals surface area (Å²) < 4.78 is 11.1. The van der Waals surface area contributed by atoms with Gasteiger partial charge in [-0.2, -0.15) is 0 Å². The average molecular weight is 348 g/mol. The fraction of sp³-hybridized carbons (Fsp3) is 0.235. The second kappa shape index (κ2) is 9.38. The molecule has 0 saturated heterocycles. The number of anilines is 1. The lowest BCUT2D eigenvalue weighted by molar-refractivity contribution is -0.0000134. The summed E-state index contributed by atoms with van der Waals surface area (Å²) >= 11 is 0. The van der Waals surface area contributed by atoms with Crippen LogP contribution in [0.3, 0.4) is 0 Å². The number of hydrogen-bond acceptors (Lipinski definition) is 4. The van der Waals surface area contributed by atoms with E-state index in [1.165, 1.54) is 12.1 Å². The highest BCUT2D eigenvalue weighted by atomic mass is 35.5. The molecule has 0 atom stereocenters. The predicted octanol–water partition coefficient (Wildman–Crippen LogP) is 1.22. The molecule has 0 heterocycles. The Labute approximate surface area is 146 Å². The van der Waals surface area contributed by atoms with Gasteiger partial charge in [0, 0.05) is 5.56 Å². The molecule has 2 aromatic carbocycles. The highest BCUT2D eigenvalue weighted by Gasteiger charge is 2.21. The number of carbonyl (C=O) groups is 1. The molecule has 126 valence electrons. The van der Waals surface area contributed by atoms with Gasteiger partial charge in [-0.25, -0.2) is 0 Å². The van der Waals surface area contributed by atoms with Gasteiger partial charge in [0.15, 0.2) is 16.5 Å². The summed E-state index contributed by atoms with van der Waals surface area (Å²) in [5, 5.41) is 11.8. The molecular formula is C17H18ClN3O3. The third-order valence-electron chi connectivity index (χ3n) is 3.04. The number of nitrogens with one attached hydrogen (secondary N) is 1. The number of benzene rings is 2. The molecule has 1 N–H and O–H groups in total. The Morgan fingerprint density at radius 3 is 2.08 bits per heavy atom. The van der Waals surface area contributed by atoms with Gasteiger partial charge in [0.25, 0.3) is 5.91 Å². The van der Waals surface area contributed by atoms with Crippen LogP contribution in [0.2, 0.25) is 0 Å². The van der Waals surface area contributed by atoms with E-state index in [9.17, 15) is 4.79 Å². The Morgan fingerprint density at radius 2 is 1.62 bits per heavy atom. The second-order valence-electron chi connectivity index (χ2n) is 4.60. The molecule has 0 spiro atoms. The maximum absolute atomic E-state index is 12.4. The number of nitrogens with zero attached hydrogens (tertiary/aromatic N) is 2. The van der Waals surface area contributed by atoms with Crippen LogP contribution in [0.5, 0.6) is 11.5 Å². The lowest BCUT2D eigenvalue weighted by atomic mass is 10.2. The summed E-state index contributed by atoms with van der Waals surface area (Å²) in [6.45, 7) is 4.45. The van der Waals surface area contributed by atoms with Crippen molar-refractivity contribution in [2.24, 2.45) is 0 Å². The summed E-state index contributed by atoms with van der Waals surface area (Å²) in [4.78, 5) is 15.5. The van der Waals surface area contributed by atoms with Crippen molar-refractivity contribution in [3.05, 3.63) is 53.0 Å². The summed E-state index contributed by atoms with van der Waals surface area (Å²) in [7, 11) is 0. The number of rotatable bonds is 6. The molecule has 2 aromatic rings. The van der Waals surface area contributed by atoms with Gasteiger partial charge in [0.2, 0.25) is 5.39 Å². The van der Waals surface area contributed by atoms with Crippen LogP contribution < -0.4 is 27.2 Å². The van der Waals surface area contributed by atoms with Crippen LogP contribution >= 0.6 is 0 Å². The number of carbonyl (C=O) groups excluding carboxylic acids is 1. The van der Waals surface area contributed by atoms with E-state index in [1.807, 2.05) is 19.9 Å². The van der Waals surface area contributed by atoms with Crippen LogP contribution in [0.25, 0.3) is 4.98 Å². The van der Waals surface area contributed by atoms with Crippen molar-refractivity contribution in [2.45, 2.75) is 13.8 Å². The molecule has 0 fully saturated rings. The zero-order chi connectivity index (χ0) is 16.7. The molecular weight excluding hydrogens is 330 g/mol. The average Bonchev–Trinajstić information content (AvgIpc) is 2.58. The standard InChI is InChI=1S/C17H17N3O3.ClH/c1-3-22-14-10-13(20-18)11-15(23-4-2)16(14)19-17(21)12-8-6-5-7-9-12;/h5-11H,3-4H2,1-2H3;1H. The lowest BCUT2D eigenvalue weighted by Crippen LogP contribution is -3.00. The van der Waals surface area contributed by atoms with Gasteiger partial charge in [-0.1, -0.05) is 18.2 Å². The Morgan fingerprint density at radius 1 is 1.08 bits per heavy atom. The van der Waals surface area contributed by atoms with Crippen molar-refractivity contribution in [1.82, 2.24) is 0 Å². The zero-order valence-electron chi connectivity index (χ0n) is 13.5. The summed E-state index contributed by atoms with van der Waals surface area (Å²) in [6.07, 6.45) is 0. The smallest absolute Gasteiger partial charge is 0.392 e. The summed E-state index contributed by atoms with van der Waals surface area (Å²) in [5.74, 6) is 0.493. The summed E-state index contributed by atoms with van der Waals surface area (Å²) in [5.41, 5.74) is 1.22. The number of amides is 1. The molecule has 0 bridgehead atoms. The van der Waals surface area contributed by atoms with Gasteiger partial charge in [-0.15, -0.1) is 0 Å². The Balaban J connectivity index is 0.00000288. The summed E-state index contributed by atoms with van der Waals surface area (Å²) in [6, 6.07) is 11.9. The minimum absolute atomic E-state index is 0. The van der Waals surface area contributed by atoms with Crippen LogP contribution in [0.15, 0.2) is 42.5 Å². The maximum atomic E-state index is 12.4. The van der Waals surface area contributed by atoms with Gasteiger partial charge in [0.05, 0.1) is 25.3 Å². The van der Waals surface area contributed by atoms with Crippen molar-refractivity contribution in [3.8, 4) is 11.5 Å². The second-order valence-corrected chi connectivity index (χ2v) is 4.60. The third-order valence-corrected chi connectivity index (χ3v) is 3.04. The van der Waals surface area contributed by atoms with Crippen LogP contribution in [0.4, 0.5) is 11.4 Å². The van der Waals surface area contributed by atoms with E-state index >= 15 is 0 Å². The van der Waals surface area contributed by atoms with Crippen LogP contribution in [-0.2, 0) is 0 Å². The molecule has 7 heteroatoms. The fourth-order valence-corrected chi connectivity index (χ4v) is 2.07. The van der Waals surface area contributed by atoms with Gasteiger partial charge in [0.1, 0.15) is 5.69 Å². The van der Waals surface area contributed by atoms with Crippen molar-refractivity contribution in [3.63, 3.8) is 0 Å². The first kappa shape index (κ1) is 19.3. The number of hydrogen-bond donors (Lipinski definition) is 1. The Hall–Kier alpha value is -2.78. The molecule has 1 amide bonds. The quantitative estimate of drug-likeness (QED) is 0.797. The first-order valence-electron chi connectivity index (χ1n) is 7.34. The van der Waals surface area contributed by atoms with Crippen LogP contribution in [0.1, 0.15) is 24.2 Å². The number of halogens is 1. The Bertz CT molecular complexity index is 703. The lowest BCUT2D eigenvalue weighted by Gasteiger charge is -2.15. The van der Waals surface area contributed by atoms with Gasteiger partial charge >= 0.3 is 5.69 Å². The zero-order valence-corrected chi connectivity index (χ0v) is 14.2. The maximum Gasteiger partial charge on any atom is 0.392 e. The molecule has 0 unspecified atom stereocenters. The molecule has 24 heavy (non-hydrogen) atoms. The van der Waals surface area contributed by atoms with E-state index in [0.717, 1.165) is 0 Å². The first-order chi connectivity index (χ1) is 11.2. The van der Waals surface area contributed by atoms with Crippen molar-refractivity contribution >= 4 is 17.3 Å². The first-order valence-corrected chi connectivity index (χ1v) is 7.34. The van der Waals surface area contributed by atoms with Gasteiger partial charge in [-0.05, 0) is 26.0 Å². The number of ether oxygens (including phenoxy) is 2. The van der Waals surface area contributed by atoms with Gasteiger partial charge in [-0.3, -0.25) is 4.79 Å². The van der Waals surface area contributed by atoms with Gasteiger partial charge < -0.3 is 27.2 Å². The Kier molecular flexibility index (Phi) is 7.53. The molecule has 0 aliphatic rings. The molecule has 6 nitrogen and oxygen atoms in total. The molecule has 0 radical (unpaired) electrons. The van der Waals surface area contributed by atoms with Crippen molar-refractivity contribution in [2.75, 3.05) is 18.5 Å². The van der Waals surface area contributed by atoms with E-state index in [4.69, 9.17) is 14.9 Å². The molecule has 0 saturated carbocycles. The molecule has 2 rings (SSSR count). The molecule has 0 aliphatic carbocycles.